The molecule has 1 saturated heterocycles. The van der Waals surface area contributed by atoms with Crippen molar-refractivity contribution in [2.45, 2.75) is 50.7 Å². The van der Waals surface area contributed by atoms with Crippen LogP contribution in [0.4, 0.5) is 4.79 Å². The summed E-state index contributed by atoms with van der Waals surface area (Å²) in [5.74, 6) is 2.28. The van der Waals surface area contributed by atoms with Gasteiger partial charge < -0.3 is 34.1 Å². The number of benzene rings is 2. The van der Waals surface area contributed by atoms with E-state index in [2.05, 4.69) is 34.0 Å². The van der Waals surface area contributed by atoms with Crippen LogP contribution >= 0.6 is 0 Å². The number of fused-ring (bicyclic) bond motifs is 4. The number of aliphatic hydroxyl groups excluding tert-OH is 1. The van der Waals surface area contributed by atoms with Crippen molar-refractivity contribution in [2.24, 2.45) is 7.05 Å². The molecule has 2 amide bonds. The number of amides is 2. The van der Waals surface area contributed by atoms with Crippen LogP contribution in [0.3, 0.4) is 0 Å². The lowest BCUT2D eigenvalue weighted by molar-refractivity contribution is 0.0465. The van der Waals surface area contributed by atoms with Gasteiger partial charge in [-0.1, -0.05) is 0 Å². The SMILES string of the molecule is COc1cc(CN2CC3(CCN(C(=O)NC(C)C)CC3)c3c(n(C)c4cc(OC)ccc34)[C@@H]2CO)cc(OC)c1. The van der Waals surface area contributed by atoms with E-state index in [1.165, 1.54) is 10.9 Å². The Bertz CT molecular complexity index is 1350. The van der Waals surface area contributed by atoms with Crippen molar-refractivity contribution >= 4 is 16.9 Å². The summed E-state index contributed by atoms with van der Waals surface area (Å²) < 4.78 is 18.9. The second-order valence-corrected chi connectivity index (χ2v) is 11.4. The van der Waals surface area contributed by atoms with Gasteiger partial charge in [-0.05, 0) is 62.1 Å². The predicted octanol–water partition coefficient (Wildman–Crippen LogP) is 4.20. The van der Waals surface area contributed by atoms with E-state index < -0.39 is 0 Å². The highest BCUT2D eigenvalue weighted by atomic mass is 16.5. The van der Waals surface area contributed by atoms with E-state index in [9.17, 15) is 9.90 Å². The molecule has 9 nitrogen and oxygen atoms in total. The fraction of sp³-hybridized carbons (Fsp3) is 0.516. The van der Waals surface area contributed by atoms with Gasteiger partial charge in [-0.15, -0.1) is 0 Å². The molecule has 5 rings (SSSR count). The Morgan fingerprint density at radius 3 is 2.25 bits per heavy atom. The van der Waals surface area contributed by atoms with Gasteiger partial charge in [0.05, 0.1) is 39.5 Å². The first-order chi connectivity index (χ1) is 19.2. The Kier molecular flexibility index (Phi) is 7.88. The third kappa shape index (κ3) is 4.97. The number of carbonyl (C=O) groups is 1. The van der Waals surface area contributed by atoms with Gasteiger partial charge in [-0.2, -0.15) is 0 Å². The Labute approximate surface area is 236 Å². The number of ether oxygens (including phenoxy) is 3. The summed E-state index contributed by atoms with van der Waals surface area (Å²) in [7, 11) is 7.08. The van der Waals surface area contributed by atoms with Gasteiger partial charge in [0.25, 0.3) is 0 Å². The molecule has 0 bridgehead atoms. The van der Waals surface area contributed by atoms with Crippen molar-refractivity contribution in [3.05, 3.63) is 53.2 Å². The first kappa shape index (κ1) is 28.1. The van der Waals surface area contributed by atoms with Crippen molar-refractivity contribution in [1.82, 2.24) is 19.7 Å². The van der Waals surface area contributed by atoms with Crippen molar-refractivity contribution in [2.75, 3.05) is 47.6 Å². The molecule has 2 aliphatic heterocycles. The second-order valence-electron chi connectivity index (χ2n) is 11.4. The molecule has 0 saturated carbocycles. The highest BCUT2D eigenvalue weighted by molar-refractivity contribution is 5.88. The molecule has 3 aromatic rings. The number of urea groups is 1. The van der Waals surface area contributed by atoms with Gasteiger partial charge in [-0.3, -0.25) is 4.90 Å². The summed E-state index contributed by atoms with van der Waals surface area (Å²) in [6.07, 6.45) is 1.68. The molecule has 1 atom stereocenters. The maximum Gasteiger partial charge on any atom is 0.317 e. The highest BCUT2D eigenvalue weighted by Crippen LogP contribution is 2.50. The third-order valence-electron chi connectivity index (χ3n) is 8.64. The zero-order valence-electron chi connectivity index (χ0n) is 24.5. The molecule has 3 heterocycles. The van der Waals surface area contributed by atoms with Crippen molar-refractivity contribution in [3.8, 4) is 17.2 Å². The molecule has 0 radical (unpaired) electrons. The third-order valence-corrected chi connectivity index (χ3v) is 8.64. The lowest BCUT2D eigenvalue weighted by Crippen LogP contribution is -2.56. The number of aliphatic hydroxyl groups is 1. The summed E-state index contributed by atoms with van der Waals surface area (Å²) >= 11 is 0. The topological polar surface area (TPSA) is 88.4 Å². The van der Waals surface area contributed by atoms with E-state index in [0.29, 0.717) is 19.6 Å². The molecule has 2 aromatic carbocycles. The first-order valence-corrected chi connectivity index (χ1v) is 14.0. The average molecular weight is 551 g/mol. The quantitative estimate of drug-likeness (QED) is 0.459. The fourth-order valence-electron chi connectivity index (χ4n) is 6.71. The highest BCUT2D eigenvalue weighted by Gasteiger charge is 2.48. The molecule has 1 spiro atoms. The summed E-state index contributed by atoms with van der Waals surface area (Å²) in [6, 6.07) is 12.1. The summed E-state index contributed by atoms with van der Waals surface area (Å²) in [6.45, 7) is 6.72. The number of methoxy groups -OCH3 is 3. The lowest BCUT2D eigenvalue weighted by Gasteiger charge is -2.50. The standard InChI is InChI=1S/C31H42N4O5/c1-20(2)32-30(37)34-11-9-31(10-12-34)19-35(17-21-13-23(39-5)15-24(14-21)40-6)27(18-36)29-28(31)25-8-7-22(38-4)16-26(25)33(29)3/h7-8,13-16,20,27,36H,9-12,17-19H2,1-6H3,(H,32,37)/t27-/m0/s1. The van der Waals surface area contributed by atoms with Gasteiger partial charge in [0.2, 0.25) is 0 Å². The largest absolute Gasteiger partial charge is 0.497 e. The van der Waals surface area contributed by atoms with Crippen molar-refractivity contribution in [1.29, 1.82) is 0 Å². The monoisotopic (exact) mass is 550 g/mol. The fourth-order valence-corrected chi connectivity index (χ4v) is 6.71. The normalized spacial score (nSPS) is 18.7. The Balaban J connectivity index is 1.59. The number of rotatable bonds is 7. The van der Waals surface area contributed by atoms with Crippen LogP contribution in [-0.4, -0.2) is 79.1 Å². The summed E-state index contributed by atoms with van der Waals surface area (Å²) in [5, 5.41) is 15.1. The number of nitrogens with one attached hydrogen (secondary N) is 1. The molecule has 0 aliphatic carbocycles. The molecule has 2 aliphatic rings. The van der Waals surface area contributed by atoms with Gasteiger partial charge in [-0.25, -0.2) is 4.79 Å². The summed E-state index contributed by atoms with van der Waals surface area (Å²) in [5.41, 5.74) is 4.41. The summed E-state index contributed by atoms with van der Waals surface area (Å²) in [4.78, 5) is 17.2. The van der Waals surface area contributed by atoms with Gasteiger partial charge in [0, 0.05) is 67.9 Å². The Morgan fingerprint density at radius 2 is 1.68 bits per heavy atom. The zero-order chi connectivity index (χ0) is 28.6. The maximum atomic E-state index is 12.9. The number of nitrogens with zero attached hydrogens (tertiary/aromatic N) is 3. The molecule has 9 heteroatoms. The van der Waals surface area contributed by atoms with Crippen LogP contribution < -0.4 is 19.5 Å². The van der Waals surface area contributed by atoms with E-state index in [1.807, 2.05) is 43.0 Å². The number of piperidine rings is 1. The number of likely N-dealkylation sites (tertiary alicyclic amines) is 1. The number of aryl methyl sites for hydroxylation is 1. The van der Waals surface area contributed by atoms with Crippen LogP contribution in [0.15, 0.2) is 36.4 Å². The number of hydrogen-bond acceptors (Lipinski definition) is 6. The molecule has 0 unspecified atom stereocenters. The Morgan fingerprint density at radius 1 is 1.02 bits per heavy atom. The van der Waals surface area contributed by atoms with Crippen molar-refractivity contribution < 1.29 is 24.1 Å². The van der Waals surface area contributed by atoms with E-state index in [4.69, 9.17) is 14.2 Å². The van der Waals surface area contributed by atoms with Gasteiger partial charge in [0.1, 0.15) is 17.2 Å². The van der Waals surface area contributed by atoms with Crippen molar-refractivity contribution in [3.63, 3.8) is 0 Å². The maximum absolute atomic E-state index is 12.9. The van der Waals surface area contributed by atoms with Gasteiger partial charge in [0.15, 0.2) is 0 Å². The number of hydrogen-bond donors (Lipinski definition) is 2. The minimum Gasteiger partial charge on any atom is -0.497 e. The molecule has 216 valence electrons. The van der Waals surface area contributed by atoms with E-state index in [0.717, 1.165) is 53.4 Å². The Hall–Kier alpha value is -3.43. The van der Waals surface area contributed by atoms with Crippen LogP contribution in [0.5, 0.6) is 17.2 Å². The predicted molar refractivity (Wildman–Crippen MR) is 155 cm³/mol. The number of aromatic nitrogens is 1. The van der Waals surface area contributed by atoms with Crippen LogP contribution in [0.1, 0.15) is 49.6 Å². The van der Waals surface area contributed by atoms with Crippen LogP contribution in [-0.2, 0) is 19.0 Å². The van der Waals surface area contributed by atoms with E-state index >= 15 is 0 Å². The first-order valence-electron chi connectivity index (χ1n) is 14.0. The molecule has 1 aromatic heterocycles. The molecule has 40 heavy (non-hydrogen) atoms. The molecule has 2 N–H and O–H groups in total. The van der Waals surface area contributed by atoms with Gasteiger partial charge >= 0.3 is 6.03 Å². The average Bonchev–Trinajstić information content (AvgIpc) is 3.25. The van der Waals surface area contributed by atoms with Crippen LogP contribution in [0.2, 0.25) is 0 Å². The van der Waals surface area contributed by atoms with E-state index in [1.54, 1.807) is 21.3 Å². The minimum absolute atomic E-state index is 0.00268. The molecular formula is C31H42N4O5. The lowest BCUT2D eigenvalue weighted by atomic mass is 9.68. The smallest absolute Gasteiger partial charge is 0.317 e. The van der Waals surface area contributed by atoms with Crippen LogP contribution in [0.25, 0.3) is 10.9 Å². The molecular weight excluding hydrogens is 508 g/mol. The zero-order valence-corrected chi connectivity index (χ0v) is 24.5. The van der Waals surface area contributed by atoms with Crippen LogP contribution in [0, 0.1) is 0 Å². The minimum atomic E-state index is -0.191. The number of carbonyl (C=O) groups excluding carboxylic acids is 1. The molecule has 1 fully saturated rings. The second kappa shape index (κ2) is 11.2. The van der Waals surface area contributed by atoms with E-state index in [-0.39, 0.29) is 30.1 Å².